The summed E-state index contributed by atoms with van der Waals surface area (Å²) in [4.78, 5) is 15.8. The van der Waals surface area contributed by atoms with Crippen LogP contribution < -0.4 is 10.5 Å². The first-order valence-electron chi connectivity index (χ1n) is 5.98. The van der Waals surface area contributed by atoms with E-state index in [4.69, 9.17) is 10.5 Å². The van der Waals surface area contributed by atoms with Gasteiger partial charge < -0.3 is 10.5 Å². The van der Waals surface area contributed by atoms with Gasteiger partial charge in [-0.2, -0.15) is 0 Å². The standard InChI is InChI=1S/C14H12N4O2/c1-20-10-5-2-4-9(8-10)13-16-14-11(12(15)19)6-3-7-18(14)17-13/h2-8H,1H3,(H2,15,19). The molecule has 2 aromatic heterocycles. The molecule has 1 aromatic carbocycles. The Bertz CT molecular complexity index is 795. The highest BCUT2D eigenvalue weighted by Gasteiger charge is 2.12. The maximum atomic E-state index is 11.4. The molecule has 0 aliphatic carbocycles. The number of ether oxygens (including phenoxy) is 1. The van der Waals surface area contributed by atoms with Gasteiger partial charge in [-0.25, -0.2) is 9.50 Å². The lowest BCUT2D eigenvalue weighted by molar-refractivity contribution is 0.100. The van der Waals surface area contributed by atoms with Crippen LogP contribution in [0.15, 0.2) is 42.6 Å². The molecule has 0 fully saturated rings. The molecule has 0 spiro atoms. The van der Waals surface area contributed by atoms with E-state index in [0.29, 0.717) is 17.0 Å². The number of carbonyl (C=O) groups excluding carboxylic acids is 1. The first-order valence-corrected chi connectivity index (χ1v) is 5.98. The van der Waals surface area contributed by atoms with Crippen LogP contribution in [-0.2, 0) is 0 Å². The Morgan fingerprint density at radius 2 is 2.15 bits per heavy atom. The number of methoxy groups -OCH3 is 1. The Morgan fingerprint density at radius 3 is 2.90 bits per heavy atom. The van der Waals surface area contributed by atoms with Crippen LogP contribution in [0.25, 0.3) is 17.0 Å². The number of fused-ring (bicyclic) bond motifs is 1. The first-order chi connectivity index (χ1) is 9.69. The zero-order valence-corrected chi connectivity index (χ0v) is 10.8. The third kappa shape index (κ3) is 1.97. The average molecular weight is 268 g/mol. The number of benzene rings is 1. The lowest BCUT2D eigenvalue weighted by Crippen LogP contribution is -2.12. The van der Waals surface area contributed by atoms with Crippen molar-refractivity contribution in [2.24, 2.45) is 5.73 Å². The number of hydrogen-bond donors (Lipinski definition) is 1. The third-order valence-corrected chi connectivity index (χ3v) is 2.96. The number of aromatic nitrogens is 3. The van der Waals surface area contributed by atoms with Gasteiger partial charge in [-0.15, -0.1) is 5.10 Å². The summed E-state index contributed by atoms with van der Waals surface area (Å²) in [6.45, 7) is 0. The number of nitrogens with zero attached hydrogens (tertiary/aromatic N) is 3. The molecule has 0 aliphatic heterocycles. The van der Waals surface area contributed by atoms with E-state index < -0.39 is 5.91 Å². The monoisotopic (exact) mass is 268 g/mol. The van der Waals surface area contributed by atoms with E-state index in [1.165, 1.54) is 4.52 Å². The molecule has 0 aliphatic rings. The Morgan fingerprint density at radius 1 is 1.30 bits per heavy atom. The van der Waals surface area contributed by atoms with Crippen LogP contribution in [-0.4, -0.2) is 27.6 Å². The molecule has 100 valence electrons. The Kier molecular flexibility index (Phi) is 2.83. The topological polar surface area (TPSA) is 82.5 Å². The maximum Gasteiger partial charge on any atom is 0.252 e. The number of amides is 1. The van der Waals surface area contributed by atoms with Crippen LogP contribution in [0.3, 0.4) is 0 Å². The molecule has 1 amide bonds. The number of hydrogen-bond acceptors (Lipinski definition) is 4. The molecule has 0 bridgehead atoms. The minimum absolute atomic E-state index is 0.342. The van der Waals surface area contributed by atoms with Crippen molar-refractivity contribution in [3.8, 4) is 17.1 Å². The summed E-state index contributed by atoms with van der Waals surface area (Å²) in [5.74, 6) is 0.703. The molecule has 2 heterocycles. The van der Waals surface area contributed by atoms with Crippen molar-refractivity contribution in [2.45, 2.75) is 0 Å². The van der Waals surface area contributed by atoms with Crippen molar-refractivity contribution in [2.75, 3.05) is 7.11 Å². The maximum absolute atomic E-state index is 11.4. The minimum Gasteiger partial charge on any atom is -0.497 e. The van der Waals surface area contributed by atoms with Crippen molar-refractivity contribution in [1.29, 1.82) is 0 Å². The van der Waals surface area contributed by atoms with Gasteiger partial charge in [0, 0.05) is 11.8 Å². The molecule has 20 heavy (non-hydrogen) atoms. The lowest BCUT2D eigenvalue weighted by Gasteiger charge is -2.00. The van der Waals surface area contributed by atoms with Gasteiger partial charge in [-0.1, -0.05) is 12.1 Å². The van der Waals surface area contributed by atoms with Crippen molar-refractivity contribution in [1.82, 2.24) is 14.6 Å². The fourth-order valence-corrected chi connectivity index (χ4v) is 1.98. The van der Waals surface area contributed by atoms with E-state index in [9.17, 15) is 4.79 Å². The van der Waals surface area contributed by atoms with Crippen LogP contribution in [0.5, 0.6) is 5.75 Å². The fourth-order valence-electron chi connectivity index (χ4n) is 1.98. The highest BCUT2D eigenvalue weighted by Crippen LogP contribution is 2.22. The Labute approximate surface area is 114 Å². The van der Waals surface area contributed by atoms with Gasteiger partial charge in [0.05, 0.1) is 12.7 Å². The van der Waals surface area contributed by atoms with E-state index in [1.54, 1.807) is 25.4 Å². The van der Waals surface area contributed by atoms with Gasteiger partial charge in [0.15, 0.2) is 11.5 Å². The van der Waals surface area contributed by atoms with E-state index >= 15 is 0 Å². The van der Waals surface area contributed by atoms with Crippen LogP contribution in [0.4, 0.5) is 0 Å². The molecule has 6 nitrogen and oxygen atoms in total. The van der Waals surface area contributed by atoms with Crippen molar-refractivity contribution >= 4 is 11.6 Å². The normalized spacial score (nSPS) is 10.7. The second-order valence-corrected chi connectivity index (χ2v) is 4.22. The summed E-state index contributed by atoms with van der Waals surface area (Å²) in [6.07, 6.45) is 1.72. The van der Waals surface area contributed by atoms with Crippen molar-refractivity contribution in [3.05, 3.63) is 48.2 Å². The van der Waals surface area contributed by atoms with Crippen LogP contribution >= 0.6 is 0 Å². The van der Waals surface area contributed by atoms with Crippen molar-refractivity contribution in [3.63, 3.8) is 0 Å². The molecule has 0 atom stereocenters. The molecular formula is C14H12N4O2. The zero-order chi connectivity index (χ0) is 14.1. The van der Waals surface area contributed by atoms with Gasteiger partial charge in [0.1, 0.15) is 5.75 Å². The number of carbonyl (C=O) groups is 1. The van der Waals surface area contributed by atoms with Gasteiger partial charge in [-0.3, -0.25) is 4.79 Å². The second kappa shape index (κ2) is 4.65. The molecule has 2 N–H and O–H groups in total. The largest absolute Gasteiger partial charge is 0.497 e. The SMILES string of the molecule is COc1cccc(-c2nc3c(C(N)=O)cccn3n2)c1. The number of rotatable bonds is 3. The van der Waals surface area contributed by atoms with E-state index in [1.807, 2.05) is 24.3 Å². The highest BCUT2D eigenvalue weighted by atomic mass is 16.5. The first kappa shape index (κ1) is 12.2. The third-order valence-electron chi connectivity index (χ3n) is 2.96. The van der Waals surface area contributed by atoms with Crippen molar-refractivity contribution < 1.29 is 9.53 Å². The van der Waals surface area contributed by atoms with Gasteiger partial charge in [0.25, 0.3) is 5.91 Å². The second-order valence-electron chi connectivity index (χ2n) is 4.22. The smallest absolute Gasteiger partial charge is 0.252 e. The predicted octanol–water partition coefficient (Wildman–Crippen LogP) is 1.50. The summed E-state index contributed by atoms with van der Waals surface area (Å²) < 4.78 is 6.71. The summed E-state index contributed by atoms with van der Waals surface area (Å²) >= 11 is 0. The number of primary amides is 1. The summed E-state index contributed by atoms with van der Waals surface area (Å²) in [5, 5.41) is 4.34. The summed E-state index contributed by atoms with van der Waals surface area (Å²) in [5.41, 5.74) is 6.93. The number of pyridine rings is 1. The Balaban J connectivity index is 2.17. The van der Waals surface area contributed by atoms with Crippen LogP contribution in [0.1, 0.15) is 10.4 Å². The predicted molar refractivity (Wildman–Crippen MR) is 73.5 cm³/mol. The average Bonchev–Trinajstić information content (AvgIpc) is 2.91. The fraction of sp³-hybridized carbons (Fsp3) is 0.0714. The van der Waals surface area contributed by atoms with Crippen LogP contribution in [0, 0.1) is 0 Å². The molecule has 0 radical (unpaired) electrons. The molecule has 0 saturated carbocycles. The molecular weight excluding hydrogens is 256 g/mol. The van der Waals surface area contributed by atoms with Gasteiger partial charge >= 0.3 is 0 Å². The Hall–Kier alpha value is -2.89. The molecule has 0 unspecified atom stereocenters. The van der Waals surface area contributed by atoms with E-state index in [2.05, 4.69) is 10.1 Å². The minimum atomic E-state index is -0.528. The summed E-state index contributed by atoms with van der Waals surface area (Å²) in [6, 6.07) is 10.7. The summed E-state index contributed by atoms with van der Waals surface area (Å²) in [7, 11) is 1.60. The van der Waals surface area contributed by atoms with Crippen LogP contribution in [0.2, 0.25) is 0 Å². The van der Waals surface area contributed by atoms with E-state index in [-0.39, 0.29) is 0 Å². The van der Waals surface area contributed by atoms with Gasteiger partial charge in [-0.05, 0) is 24.3 Å². The molecule has 0 saturated heterocycles. The molecule has 3 rings (SSSR count). The lowest BCUT2D eigenvalue weighted by atomic mass is 10.2. The zero-order valence-electron chi connectivity index (χ0n) is 10.8. The molecule has 3 aromatic rings. The quantitative estimate of drug-likeness (QED) is 0.780. The van der Waals surface area contributed by atoms with E-state index in [0.717, 1.165) is 11.3 Å². The number of nitrogens with two attached hydrogens (primary N) is 1. The molecule has 6 heteroatoms. The highest BCUT2D eigenvalue weighted by molar-refractivity contribution is 5.98. The van der Waals surface area contributed by atoms with Gasteiger partial charge in [0.2, 0.25) is 0 Å².